The largest absolute Gasteiger partial charge is 0.351 e. The fraction of sp³-hybridized carbons (Fsp3) is 0.519. The van der Waals surface area contributed by atoms with Crippen molar-refractivity contribution in [1.82, 2.24) is 14.8 Å². The normalized spacial score (nSPS) is 21.0. The summed E-state index contributed by atoms with van der Waals surface area (Å²) in [7, 11) is 6.10. The molecule has 1 aromatic carbocycles. The minimum Gasteiger partial charge on any atom is -0.351 e. The first-order valence-electron chi connectivity index (χ1n) is 12.8. The zero-order valence-electron chi connectivity index (χ0n) is 20.4. The average Bonchev–Trinajstić information content (AvgIpc) is 3.01. The highest BCUT2D eigenvalue weighted by Gasteiger charge is 2.36. The summed E-state index contributed by atoms with van der Waals surface area (Å²) < 4.78 is 1.03. The molecule has 2 saturated heterocycles. The number of nitrogens with zero attached hydrogens (tertiary/aromatic N) is 3. The summed E-state index contributed by atoms with van der Waals surface area (Å²) >= 11 is 10.2. The molecule has 1 aromatic heterocycles. The maximum Gasteiger partial charge on any atom is 0.314 e. The number of aromatic nitrogens is 1. The summed E-state index contributed by atoms with van der Waals surface area (Å²) in [5.74, 6) is 1.06. The topological polar surface area (TPSA) is 79.5 Å². The SMILES string of the molecule is [B]c1cnc2c(c1)CCc1cc(Cl)cc(Br)c1C2C1CCN(C(=O)CC2CCN(C(N)=O)CC2)CC1. The van der Waals surface area contributed by atoms with Crippen LogP contribution in [0.3, 0.4) is 0 Å². The van der Waals surface area contributed by atoms with E-state index in [0.717, 1.165) is 66.8 Å². The van der Waals surface area contributed by atoms with E-state index < -0.39 is 0 Å². The number of primary amides is 1. The van der Waals surface area contributed by atoms with Crippen LogP contribution in [-0.2, 0) is 17.6 Å². The number of amides is 3. The first kappa shape index (κ1) is 25.6. The second-order valence-electron chi connectivity index (χ2n) is 10.4. The Labute approximate surface area is 227 Å². The lowest BCUT2D eigenvalue weighted by atomic mass is 9.76. The van der Waals surface area contributed by atoms with E-state index in [4.69, 9.17) is 30.2 Å². The number of piperidine rings is 2. The average molecular weight is 570 g/mol. The van der Waals surface area contributed by atoms with Crippen molar-refractivity contribution in [2.75, 3.05) is 26.2 Å². The van der Waals surface area contributed by atoms with E-state index in [1.807, 2.05) is 11.0 Å². The zero-order chi connectivity index (χ0) is 25.4. The van der Waals surface area contributed by atoms with Gasteiger partial charge in [0.05, 0.1) is 5.69 Å². The molecule has 0 saturated carbocycles. The van der Waals surface area contributed by atoms with Crippen LogP contribution in [0.15, 0.2) is 28.9 Å². The Morgan fingerprint density at radius 1 is 1.03 bits per heavy atom. The van der Waals surface area contributed by atoms with Gasteiger partial charge in [-0.3, -0.25) is 9.78 Å². The number of carbonyl (C=O) groups is 2. The lowest BCUT2D eigenvalue weighted by Gasteiger charge is -2.38. The molecule has 0 bridgehead atoms. The van der Waals surface area contributed by atoms with Crippen LogP contribution in [0.4, 0.5) is 4.79 Å². The van der Waals surface area contributed by atoms with Gasteiger partial charge in [-0.25, -0.2) is 4.79 Å². The lowest BCUT2D eigenvalue weighted by Crippen LogP contribution is -2.44. The van der Waals surface area contributed by atoms with Crippen molar-refractivity contribution in [3.8, 4) is 0 Å². The van der Waals surface area contributed by atoms with Gasteiger partial charge in [-0.1, -0.05) is 39.1 Å². The fourth-order valence-corrected chi connectivity index (χ4v) is 7.41. The number of carbonyl (C=O) groups excluding carboxylic acids is 2. The summed E-state index contributed by atoms with van der Waals surface area (Å²) in [4.78, 5) is 33.0. The Balaban J connectivity index is 1.31. The molecule has 188 valence electrons. The third kappa shape index (κ3) is 5.30. The second-order valence-corrected chi connectivity index (χ2v) is 11.7. The minimum atomic E-state index is -0.366. The van der Waals surface area contributed by atoms with Crippen molar-refractivity contribution in [1.29, 1.82) is 0 Å². The van der Waals surface area contributed by atoms with Crippen molar-refractivity contribution in [3.05, 3.63) is 56.3 Å². The predicted molar refractivity (Wildman–Crippen MR) is 146 cm³/mol. The van der Waals surface area contributed by atoms with Crippen molar-refractivity contribution >= 4 is 52.8 Å². The number of aryl methyl sites for hydroxylation is 2. The molecule has 2 N–H and O–H groups in total. The number of hydrogen-bond donors (Lipinski definition) is 1. The maximum absolute atomic E-state index is 13.1. The van der Waals surface area contributed by atoms with Gasteiger partial charge in [0, 0.05) is 54.2 Å². The monoisotopic (exact) mass is 568 g/mol. The van der Waals surface area contributed by atoms with E-state index in [0.29, 0.717) is 36.8 Å². The van der Waals surface area contributed by atoms with Crippen LogP contribution in [0.25, 0.3) is 0 Å². The van der Waals surface area contributed by atoms with Crippen molar-refractivity contribution in [2.24, 2.45) is 17.6 Å². The molecule has 3 aliphatic rings. The molecular weight excluding hydrogens is 538 g/mol. The highest BCUT2D eigenvalue weighted by atomic mass is 79.9. The number of benzene rings is 1. The molecule has 2 fully saturated rings. The van der Waals surface area contributed by atoms with Crippen LogP contribution >= 0.6 is 27.5 Å². The van der Waals surface area contributed by atoms with E-state index in [1.54, 1.807) is 11.1 Å². The first-order valence-corrected chi connectivity index (χ1v) is 14.0. The number of hydrogen-bond acceptors (Lipinski definition) is 3. The van der Waals surface area contributed by atoms with Gasteiger partial charge in [0.15, 0.2) is 0 Å². The molecule has 2 radical (unpaired) electrons. The Bertz CT molecular complexity index is 1160. The molecule has 3 heterocycles. The van der Waals surface area contributed by atoms with Gasteiger partial charge < -0.3 is 15.5 Å². The van der Waals surface area contributed by atoms with Gasteiger partial charge >= 0.3 is 6.03 Å². The summed E-state index contributed by atoms with van der Waals surface area (Å²) in [6, 6.07) is 5.78. The van der Waals surface area contributed by atoms with Crippen LogP contribution < -0.4 is 11.2 Å². The summed E-state index contributed by atoms with van der Waals surface area (Å²) in [5, 5.41) is 0.736. The van der Waals surface area contributed by atoms with Crippen molar-refractivity contribution in [2.45, 2.75) is 50.9 Å². The number of likely N-dealkylation sites (tertiary alicyclic amines) is 2. The Morgan fingerprint density at radius 2 is 1.69 bits per heavy atom. The Hall–Kier alpha value is -2.06. The van der Waals surface area contributed by atoms with Crippen LogP contribution in [-0.4, -0.2) is 60.7 Å². The molecule has 2 aromatic rings. The van der Waals surface area contributed by atoms with Gasteiger partial charge in [0.1, 0.15) is 7.85 Å². The molecular formula is C27H31BBrClN4O2. The van der Waals surface area contributed by atoms with Crippen LogP contribution in [0.2, 0.25) is 5.02 Å². The molecule has 6 nitrogen and oxygen atoms in total. The standard InChI is InChI=1S/C27H31BBrClN4O2/c28-20-12-19-2-1-18-13-21(30)14-22(29)24(18)25(26(19)32-15-20)17-5-9-33(10-6-17)23(35)11-16-3-7-34(8-4-16)27(31)36/h12-17,25H,1-11H2,(H2,31,36). The highest BCUT2D eigenvalue weighted by Crippen LogP contribution is 2.45. The van der Waals surface area contributed by atoms with E-state index in [2.05, 4.69) is 28.1 Å². The van der Waals surface area contributed by atoms with Crippen LogP contribution in [0, 0.1) is 11.8 Å². The Morgan fingerprint density at radius 3 is 2.39 bits per heavy atom. The molecule has 1 aliphatic carbocycles. The van der Waals surface area contributed by atoms with E-state index in [-0.39, 0.29) is 17.9 Å². The predicted octanol–water partition coefficient (Wildman–Crippen LogP) is 3.94. The maximum atomic E-state index is 13.1. The number of urea groups is 1. The van der Waals surface area contributed by atoms with Gasteiger partial charge in [0.25, 0.3) is 0 Å². The molecule has 1 atom stereocenters. The summed E-state index contributed by atoms with van der Waals surface area (Å²) in [5.41, 5.74) is 10.9. The number of pyridine rings is 1. The van der Waals surface area contributed by atoms with Gasteiger partial charge in [-0.15, -0.1) is 0 Å². The van der Waals surface area contributed by atoms with E-state index in [1.165, 1.54) is 16.7 Å². The fourth-order valence-electron chi connectivity index (χ4n) is 6.29. The third-order valence-electron chi connectivity index (χ3n) is 8.23. The smallest absolute Gasteiger partial charge is 0.314 e. The second kappa shape index (κ2) is 10.7. The van der Waals surface area contributed by atoms with Crippen LogP contribution in [0.5, 0.6) is 0 Å². The summed E-state index contributed by atoms with van der Waals surface area (Å²) in [6.45, 7) is 2.80. The molecule has 36 heavy (non-hydrogen) atoms. The lowest BCUT2D eigenvalue weighted by molar-refractivity contribution is -0.134. The van der Waals surface area contributed by atoms with Crippen molar-refractivity contribution in [3.63, 3.8) is 0 Å². The quantitative estimate of drug-likeness (QED) is 0.569. The highest BCUT2D eigenvalue weighted by molar-refractivity contribution is 9.10. The van der Waals surface area contributed by atoms with Gasteiger partial charge in [0.2, 0.25) is 5.91 Å². The van der Waals surface area contributed by atoms with Gasteiger partial charge in [-0.05, 0) is 79.2 Å². The molecule has 9 heteroatoms. The van der Waals surface area contributed by atoms with E-state index in [9.17, 15) is 9.59 Å². The van der Waals surface area contributed by atoms with E-state index >= 15 is 0 Å². The zero-order valence-corrected chi connectivity index (χ0v) is 22.7. The first-order chi connectivity index (χ1) is 17.3. The van der Waals surface area contributed by atoms with Gasteiger partial charge in [-0.2, -0.15) is 0 Å². The number of halogens is 2. The molecule has 1 unspecified atom stereocenters. The Kier molecular flexibility index (Phi) is 7.64. The number of nitrogens with two attached hydrogens (primary N) is 1. The molecule has 0 spiro atoms. The number of fused-ring (bicyclic) bond motifs is 2. The third-order valence-corrected chi connectivity index (χ3v) is 9.10. The van der Waals surface area contributed by atoms with Crippen molar-refractivity contribution < 1.29 is 9.59 Å². The van der Waals surface area contributed by atoms with Crippen LogP contribution in [0.1, 0.15) is 60.4 Å². The minimum absolute atomic E-state index is 0.139. The summed E-state index contributed by atoms with van der Waals surface area (Å²) in [6.07, 6.45) is 7.63. The molecule has 2 aliphatic heterocycles. The molecule has 5 rings (SSSR count). The molecule has 3 amide bonds. The number of rotatable bonds is 3.